The van der Waals surface area contributed by atoms with Gasteiger partial charge in [0.1, 0.15) is 29.2 Å². The molecule has 0 saturated carbocycles. The lowest BCUT2D eigenvalue weighted by Crippen LogP contribution is -2.35. The van der Waals surface area contributed by atoms with E-state index in [-0.39, 0.29) is 40.4 Å². The summed E-state index contributed by atoms with van der Waals surface area (Å²) < 4.78 is 25.8. The smallest absolute Gasteiger partial charge is 0.338 e. The number of rotatable bonds is 3. The number of fused-ring (bicyclic) bond motifs is 1. The Kier molecular flexibility index (Phi) is 5.16. The van der Waals surface area contributed by atoms with Gasteiger partial charge in [0.05, 0.1) is 5.56 Å². The number of ether oxygens (including phenoxy) is 2. The number of carbonyl (C=O) groups excluding carboxylic acids is 1. The molecule has 0 amide bonds. The average molecular weight is 460 g/mol. The number of hydrogen-bond acceptors (Lipinski definition) is 10. The molecule has 1 aliphatic heterocycles. The van der Waals surface area contributed by atoms with Crippen molar-refractivity contribution >= 4 is 5.97 Å². The number of halogens is 1. The molecule has 172 valence electrons. The predicted octanol–water partition coefficient (Wildman–Crippen LogP) is 2.67. The molecule has 0 bridgehead atoms. The van der Waals surface area contributed by atoms with Crippen LogP contribution < -0.4 is 4.74 Å². The summed E-state index contributed by atoms with van der Waals surface area (Å²) in [6.07, 6.45) is -2.92. The van der Waals surface area contributed by atoms with Crippen molar-refractivity contribution in [3.05, 3.63) is 58.9 Å². The summed E-state index contributed by atoms with van der Waals surface area (Å²) in [5.74, 6) is -6.65. The molecule has 1 heterocycles. The van der Waals surface area contributed by atoms with Gasteiger partial charge in [-0.05, 0) is 18.2 Å². The van der Waals surface area contributed by atoms with Gasteiger partial charge in [-0.15, -0.1) is 0 Å². The van der Waals surface area contributed by atoms with Gasteiger partial charge in [-0.2, -0.15) is 0 Å². The first-order chi connectivity index (χ1) is 15.5. The quantitative estimate of drug-likeness (QED) is 0.227. The van der Waals surface area contributed by atoms with Crippen molar-refractivity contribution in [1.29, 1.82) is 0 Å². The van der Waals surface area contributed by atoms with Gasteiger partial charge in [0.2, 0.25) is 0 Å². The van der Waals surface area contributed by atoms with Crippen molar-refractivity contribution in [1.82, 2.24) is 0 Å². The number of phenolic OH excluding ortho intramolecular Hbond substituents is 7. The molecule has 1 unspecified atom stereocenters. The van der Waals surface area contributed by atoms with Gasteiger partial charge in [-0.3, -0.25) is 0 Å². The van der Waals surface area contributed by atoms with E-state index >= 15 is 0 Å². The largest absolute Gasteiger partial charge is 0.508 e. The number of benzene rings is 3. The van der Waals surface area contributed by atoms with Crippen LogP contribution in [0.5, 0.6) is 46.0 Å². The van der Waals surface area contributed by atoms with Gasteiger partial charge < -0.3 is 45.2 Å². The lowest BCUT2D eigenvalue weighted by Gasteiger charge is -2.34. The van der Waals surface area contributed by atoms with Crippen LogP contribution in [0.3, 0.4) is 0 Å². The van der Waals surface area contributed by atoms with Crippen LogP contribution in [0.15, 0.2) is 36.4 Å². The molecule has 7 N–H and O–H groups in total. The third kappa shape index (κ3) is 3.91. The summed E-state index contributed by atoms with van der Waals surface area (Å²) in [4.78, 5) is 12.7. The number of esters is 1. The molecule has 0 fully saturated rings. The minimum atomic E-state index is -1.39. The van der Waals surface area contributed by atoms with E-state index in [1.54, 1.807) is 0 Å². The highest BCUT2D eigenvalue weighted by Crippen LogP contribution is 2.45. The van der Waals surface area contributed by atoms with Crippen molar-refractivity contribution < 1.29 is 54.4 Å². The summed E-state index contributed by atoms with van der Waals surface area (Å²) in [6, 6.07) is 5.39. The van der Waals surface area contributed by atoms with Crippen molar-refractivity contribution in [2.45, 2.75) is 18.6 Å². The summed E-state index contributed by atoms with van der Waals surface area (Å²) in [5, 5.41) is 68.1. The Morgan fingerprint density at radius 3 is 2.15 bits per heavy atom. The number of aromatic hydroxyl groups is 7. The van der Waals surface area contributed by atoms with Crippen molar-refractivity contribution in [3.63, 3.8) is 0 Å². The molecule has 0 radical (unpaired) electrons. The maximum atomic E-state index is 14.6. The fraction of sp³-hybridized carbons (Fsp3) is 0.136. The molecular weight excluding hydrogens is 443 g/mol. The Morgan fingerprint density at radius 2 is 1.48 bits per heavy atom. The molecule has 0 aliphatic carbocycles. The third-order valence-electron chi connectivity index (χ3n) is 5.13. The normalized spacial score (nSPS) is 17.1. The van der Waals surface area contributed by atoms with Crippen LogP contribution in [0, 0.1) is 5.82 Å². The minimum Gasteiger partial charge on any atom is -0.508 e. The Morgan fingerprint density at radius 1 is 0.848 bits per heavy atom. The molecule has 0 spiro atoms. The Labute approximate surface area is 184 Å². The Bertz CT molecular complexity index is 1250. The highest BCUT2D eigenvalue weighted by Gasteiger charge is 2.38. The third-order valence-corrected chi connectivity index (χ3v) is 5.13. The van der Waals surface area contributed by atoms with Gasteiger partial charge in [-0.25, -0.2) is 9.18 Å². The van der Waals surface area contributed by atoms with Gasteiger partial charge in [0.15, 0.2) is 34.9 Å². The van der Waals surface area contributed by atoms with Crippen LogP contribution in [0.4, 0.5) is 4.39 Å². The maximum Gasteiger partial charge on any atom is 0.338 e. The zero-order valence-electron chi connectivity index (χ0n) is 16.6. The zero-order chi connectivity index (χ0) is 24.0. The van der Waals surface area contributed by atoms with Gasteiger partial charge >= 0.3 is 5.97 Å². The van der Waals surface area contributed by atoms with Crippen LogP contribution in [-0.2, 0) is 11.2 Å². The van der Waals surface area contributed by atoms with E-state index in [0.29, 0.717) is 6.07 Å². The van der Waals surface area contributed by atoms with E-state index in [2.05, 4.69) is 0 Å². The minimum absolute atomic E-state index is 0.0308. The van der Waals surface area contributed by atoms with E-state index in [1.807, 2.05) is 0 Å². The molecule has 2 atom stereocenters. The first-order valence-corrected chi connectivity index (χ1v) is 9.44. The number of carbonyl (C=O) groups is 1. The van der Waals surface area contributed by atoms with Crippen molar-refractivity contribution in [2.75, 3.05) is 0 Å². The topological polar surface area (TPSA) is 177 Å². The molecular formula is C22H17FO10. The first-order valence-electron chi connectivity index (χ1n) is 9.44. The molecule has 33 heavy (non-hydrogen) atoms. The number of phenols is 7. The molecule has 0 saturated heterocycles. The maximum absolute atomic E-state index is 14.6. The summed E-state index contributed by atoms with van der Waals surface area (Å²) in [5.41, 5.74) is -0.508. The van der Waals surface area contributed by atoms with Crippen molar-refractivity contribution in [2.24, 2.45) is 0 Å². The van der Waals surface area contributed by atoms with E-state index in [1.165, 1.54) is 0 Å². The van der Waals surface area contributed by atoms with Crippen LogP contribution >= 0.6 is 0 Å². The Hall–Kier alpha value is -4.54. The Balaban J connectivity index is 1.76. The highest BCUT2D eigenvalue weighted by atomic mass is 19.1. The molecule has 0 aromatic heterocycles. The lowest BCUT2D eigenvalue weighted by atomic mass is 9.93. The second-order valence-corrected chi connectivity index (χ2v) is 7.35. The number of hydrogen-bond donors (Lipinski definition) is 7. The van der Waals surface area contributed by atoms with Gasteiger partial charge in [0, 0.05) is 35.7 Å². The highest BCUT2D eigenvalue weighted by molar-refractivity contribution is 5.91. The molecule has 4 rings (SSSR count). The lowest BCUT2D eigenvalue weighted by molar-refractivity contribution is -0.0199. The molecule has 1 aliphatic rings. The van der Waals surface area contributed by atoms with Gasteiger partial charge in [0.25, 0.3) is 0 Å². The molecule has 3 aromatic rings. The van der Waals surface area contributed by atoms with E-state index < -0.39 is 52.7 Å². The van der Waals surface area contributed by atoms with E-state index in [4.69, 9.17) is 9.47 Å². The second kappa shape index (κ2) is 7.86. The van der Waals surface area contributed by atoms with Crippen LogP contribution in [0.1, 0.15) is 27.6 Å². The predicted molar refractivity (Wildman–Crippen MR) is 107 cm³/mol. The fourth-order valence-corrected chi connectivity index (χ4v) is 3.53. The zero-order valence-corrected chi connectivity index (χ0v) is 16.6. The average Bonchev–Trinajstić information content (AvgIpc) is 2.74. The summed E-state index contributed by atoms with van der Waals surface area (Å²) in [6.45, 7) is 0. The van der Waals surface area contributed by atoms with Crippen molar-refractivity contribution in [3.8, 4) is 46.0 Å². The SMILES string of the molecule is O=C(OC1Cc2c(O)cc(O)cc2O[C@@H]1c1cc(O)c(O)cc1F)c1cc(O)c(O)c(O)c1. The fourth-order valence-electron chi connectivity index (χ4n) is 3.53. The summed E-state index contributed by atoms with van der Waals surface area (Å²) in [7, 11) is 0. The monoisotopic (exact) mass is 460 g/mol. The molecule has 11 heteroatoms. The van der Waals surface area contributed by atoms with Crippen LogP contribution in [0.25, 0.3) is 0 Å². The second-order valence-electron chi connectivity index (χ2n) is 7.35. The van der Waals surface area contributed by atoms with E-state index in [0.717, 1.165) is 30.3 Å². The van der Waals surface area contributed by atoms with Gasteiger partial charge in [-0.1, -0.05) is 0 Å². The molecule has 10 nitrogen and oxygen atoms in total. The summed E-state index contributed by atoms with van der Waals surface area (Å²) >= 11 is 0. The van der Waals surface area contributed by atoms with E-state index in [9.17, 15) is 44.9 Å². The standard InChI is InChI=1S/C22H17FO10/c23-12-7-15(27)14(26)5-10(12)21-19(6-11-13(25)3-9(24)4-18(11)32-21)33-22(31)8-1-16(28)20(30)17(29)2-8/h1-5,7,19,21,24-30H,6H2/t19?,21-/m1/s1. The molecule has 3 aromatic carbocycles. The first kappa shape index (κ1) is 21.7. The van der Waals surface area contributed by atoms with Crippen LogP contribution in [0.2, 0.25) is 0 Å². The van der Waals surface area contributed by atoms with Crippen LogP contribution in [-0.4, -0.2) is 47.8 Å².